The van der Waals surface area contributed by atoms with Gasteiger partial charge in [0.25, 0.3) is 0 Å². The van der Waals surface area contributed by atoms with Crippen LogP contribution >= 0.6 is 27.0 Å². The van der Waals surface area contributed by atoms with Crippen molar-refractivity contribution in [3.63, 3.8) is 0 Å². The fourth-order valence-electron chi connectivity index (χ4n) is 1.09. The summed E-state index contributed by atoms with van der Waals surface area (Å²) in [6.07, 6.45) is 1.11. The van der Waals surface area contributed by atoms with Gasteiger partial charge in [-0.2, -0.15) is 11.1 Å². The van der Waals surface area contributed by atoms with E-state index in [2.05, 4.69) is 53.3 Å². The average Bonchev–Trinajstić information content (AvgIpc) is 2.02. The quantitative estimate of drug-likeness (QED) is 0.566. The van der Waals surface area contributed by atoms with Crippen molar-refractivity contribution in [3.05, 3.63) is 34.3 Å². The van der Waals surface area contributed by atoms with Crippen molar-refractivity contribution in [2.75, 3.05) is 0 Å². The molecule has 1 rings (SSSR count). The van der Waals surface area contributed by atoms with Crippen molar-refractivity contribution >= 4 is 34.4 Å². The van der Waals surface area contributed by atoms with Gasteiger partial charge in [-0.15, -0.1) is 0 Å². The topological polar surface area (TPSA) is 0 Å². The third kappa shape index (κ3) is 4.84. The van der Waals surface area contributed by atoms with E-state index < -0.39 is 7.38 Å². The molecular weight excluding hydrogens is 264 g/mol. The van der Waals surface area contributed by atoms with Gasteiger partial charge in [-0.25, -0.2) is 0 Å². The van der Waals surface area contributed by atoms with Crippen molar-refractivity contribution in [1.29, 1.82) is 0 Å². The summed E-state index contributed by atoms with van der Waals surface area (Å²) in [7, 11) is -1.39. The van der Waals surface area contributed by atoms with Crippen LogP contribution in [0.15, 0.2) is 28.7 Å². The molecule has 0 N–H and O–H groups in total. The molecule has 0 heterocycles. The molecule has 0 aromatic heterocycles. The van der Waals surface area contributed by atoms with E-state index in [4.69, 9.17) is 11.1 Å². The molecule has 0 aliphatic heterocycles. The molecule has 0 bridgehead atoms. The third-order valence-corrected chi connectivity index (χ3v) is 4.46. The maximum Gasteiger partial charge on any atom is 0.150 e. The SMILES string of the molecule is C[Si](C)(Cl)CCc1ccc(Br)cc1. The molecule has 1 aromatic carbocycles. The fraction of sp³-hybridized carbons (Fsp3) is 0.400. The van der Waals surface area contributed by atoms with E-state index in [9.17, 15) is 0 Å². The van der Waals surface area contributed by atoms with Crippen LogP contribution in [-0.2, 0) is 6.42 Å². The number of hydrogen-bond acceptors (Lipinski definition) is 0. The molecule has 0 nitrogen and oxygen atoms in total. The Kier molecular flexibility index (Phi) is 4.01. The minimum atomic E-state index is -1.39. The zero-order valence-corrected chi connectivity index (χ0v) is 11.3. The number of aryl methyl sites for hydroxylation is 1. The molecule has 1 aromatic rings. The standard InChI is InChI=1S/C10H14BrClSi/c1-13(2,12)8-7-9-3-5-10(11)6-4-9/h3-6H,7-8H2,1-2H3. The predicted octanol–water partition coefficient (Wildman–Crippen LogP) is 4.44. The Morgan fingerprint density at radius 3 is 2.23 bits per heavy atom. The van der Waals surface area contributed by atoms with Gasteiger partial charge in [-0.05, 0) is 30.2 Å². The van der Waals surface area contributed by atoms with Gasteiger partial charge in [-0.3, -0.25) is 0 Å². The zero-order chi connectivity index (χ0) is 9.90. The lowest BCUT2D eigenvalue weighted by molar-refractivity contribution is 1.11. The highest BCUT2D eigenvalue weighted by atomic mass is 79.9. The van der Waals surface area contributed by atoms with Crippen LogP contribution in [0.3, 0.4) is 0 Å². The highest BCUT2D eigenvalue weighted by Crippen LogP contribution is 2.18. The summed E-state index contributed by atoms with van der Waals surface area (Å²) in [6, 6.07) is 9.62. The van der Waals surface area contributed by atoms with Gasteiger partial charge in [0.15, 0.2) is 7.38 Å². The summed E-state index contributed by atoms with van der Waals surface area (Å²) in [5.74, 6) is 0. The third-order valence-electron chi connectivity index (χ3n) is 1.92. The first kappa shape index (κ1) is 11.3. The zero-order valence-electron chi connectivity index (χ0n) is 7.98. The molecule has 0 saturated heterocycles. The van der Waals surface area contributed by atoms with Crippen LogP contribution in [0.5, 0.6) is 0 Å². The Morgan fingerprint density at radius 1 is 1.23 bits per heavy atom. The van der Waals surface area contributed by atoms with E-state index >= 15 is 0 Å². The van der Waals surface area contributed by atoms with Crippen LogP contribution in [0.25, 0.3) is 0 Å². The molecule has 0 radical (unpaired) electrons. The van der Waals surface area contributed by atoms with E-state index in [1.807, 2.05) is 0 Å². The average molecular weight is 278 g/mol. The molecular formula is C10H14BrClSi. The van der Waals surface area contributed by atoms with E-state index in [1.165, 1.54) is 5.56 Å². The molecule has 0 aliphatic carbocycles. The largest absolute Gasteiger partial charge is 0.168 e. The van der Waals surface area contributed by atoms with E-state index in [1.54, 1.807) is 0 Å². The highest BCUT2D eigenvalue weighted by Gasteiger charge is 2.15. The molecule has 0 fully saturated rings. The first-order chi connectivity index (χ1) is 5.97. The van der Waals surface area contributed by atoms with Gasteiger partial charge < -0.3 is 0 Å². The van der Waals surface area contributed by atoms with Crippen LogP contribution in [0.1, 0.15) is 5.56 Å². The molecule has 0 atom stereocenters. The Bertz CT molecular complexity index is 263. The summed E-state index contributed by atoms with van der Waals surface area (Å²) in [6.45, 7) is 4.38. The van der Waals surface area contributed by atoms with Crippen molar-refractivity contribution in [1.82, 2.24) is 0 Å². The Balaban J connectivity index is 2.51. The smallest absolute Gasteiger partial charge is 0.150 e. The molecule has 13 heavy (non-hydrogen) atoms. The van der Waals surface area contributed by atoms with Gasteiger partial charge in [0.05, 0.1) is 0 Å². The van der Waals surface area contributed by atoms with Crippen LogP contribution in [0.2, 0.25) is 19.1 Å². The number of hydrogen-bond donors (Lipinski definition) is 0. The van der Waals surface area contributed by atoms with Gasteiger partial charge >= 0.3 is 0 Å². The second-order valence-corrected chi connectivity index (χ2v) is 11.8. The number of halogens is 2. The summed E-state index contributed by atoms with van der Waals surface area (Å²) in [4.78, 5) is 0. The molecule has 0 unspecified atom stereocenters. The highest BCUT2D eigenvalue weighted by molar-refractivity contribution is 9.10. The van der Waals surface area contributed by atoms with Gasteiger partial charge in [-0.1, -0.05) is 41.2 Å². The lowest BCUT2D eigenvalue weighted by Crippen LogP contribution is -2.16. The second-order valence-electron chi connectivity index (χ2n) is 3.85. The molecule has 3 heteroatoms. The summed E-state index contributed by atoms with van der Waals surface area (Å²) in [5.41, 5.74) is 1.38. The van der Waals surface area contributed by atoms with Crippen molar-refractivity contribution in [2.24, 2.45) is 0 Å². The van der Waals surface area contributed by atoms with Gasteiger partial charge in [0.2, 0.25) is 0 Å². The first-order valence-electron chi connectivity index (χ1n) is 4.41. The van der Waals surface area contributed by atoms with Crippen LogP contribution in [0, 0.1) is 0 Å². The summed E-state index contributed by atoms with van der Waals surface area (Å²) in [5, 5.41) is 0. The predicted molar refractivity (Wildman–Crippen MR) is 66.0 cm³/mol. The van der Waals surface area contributed by atoms with E-state index in [-0.39, 0.29) is 0 Å². The lowest BCUT2D eigenvalue weighted by Gasteiger charge is -2.11. The summed E-state index contributed by atoms with van der Waals surface area (Å²) >= 11 is 9.66. The maximum atomic E-state index is 6.24. The van der Waals surface area contributed by atoms with Gasteiger partial charge in [0, 0.05) is 4.47 Å². The minimum Gasteiger partial charge on any atom is -0.168 e. The maximum absolute atomic E-state index is 6.24. The number of rotatable bonds is 3. The number of benzene rings is 1. The molecule has 72 valence electrons. The van der Waals surface area contributed by atoms with Crippen LogP contribution in [-0.4, -0.2) is 7.38 Å². The van der Waals surface area contributed by atoms with Gasteiger partial charge in [0.1, 0.15) is 0 Å². The van der Waals surface area contributed by atoms with Crippen molar-refractivity contribution in [2.45, 2.75) is 25.6 Å². The molecule has 0 spiro atoms. The van der Waals surface area contributed by atoms with Crippen molar-refractivity contribution in [3.8, 4) is 0 Å². The minimum absolute atomic E-state index is 1.11. The molecule has 0 amide bonds. The normalized spacial score (nSPS) is 11.7. The molecule has 0 saturated carbocycles. The molecule has 0 aliphatic rings. The second kappa shape index (κ2) is 4.62. The van der Waals surface area contributed by atoms with E-state index in [0.29, 0.717) is 0 Å². The Hall–Kier alpha value is 0.207. The van der Waals surface area contributed by atoms with E-state index in [0.717, 1.165) is 16.9 Å². The van der Waals surface area contributed by atoms with Crippen molar-refractivity contribution < 1.29 is 0 Å². The Labute approximate surface area is 94.1 Å². The first-order valence-corrected chi connectivity index (χ1v) is 9.42. The van der Waals surface area contributed by atoms with Crippen LogP contribution in [0.4, 0.5) is 0 Å². The fourth-order valence-corrected chi connectivity index (χ4v) is 2.52. The Morgan fingerprint density at radius 2 is 1.77 bits per heavy atom. The van der Waals surface area contributed by atoms with Crippen LogP contribution < -0.4 is 0 Å². The monoisotopic (exact) mass is 276 g/mol. The summed E-state index contributed by atoms with van der Waals surface area (Å²) < 4.78 is 1.14. The lowest BCUT2D eigenvalue weighted by atomic mass is 10.2.